The molecule has 5 heteroatoms. The lowest BCUT2D eigenvalue weighted by atomic mass is 9.95. The van der Waals surface area contributed by atoms with Crippen molar-refractivity contribution in [1.29, 1.82) is 0 Å². The fourth-order valence-electron chi connectivity index (χ4n) is 2.06. The summed E-state index contributed by atoms with van der Waals surface area (Å²) >= 11 is 0. The Morgan fingerprint density at radius 1 is 1.32 bits per heavy atom. The van der Waals surface area contributed by atoms with Crippen molar-refractivity contribution < 1.29 is 14.3 Å². The third-order valence-electron chi connectivity index (χ3n) is 3.24. The summed E-state index contributed by atoms with van der Waals surface area (Å²) in [5.74, 6) is -0.189. The molecule has 1 N–H and O–H groups in total. The molecule has 0 spiro atoms. The zero-order valence-electron chi connectivity index (χ0n) is 13.1. The maximum Gasteiger partial charge on any atom is 0.325 e. The predicted octanol–water partition coefficient (Wildman–Crippen LogP) is 1.28. The number of rotatable bonds is 11. The standard InChI is InChI=1S/C14H30N2O3/c1-6-15-14(3,13(17)18-5)9-8-10-16(4)11-12-19-7-2/h15H,6-12H2,1-5H3. The van der Waals surface area contributed by atoms with Crippen LogP contribution < -0.4 is 5.32 Å². The fourth-order valence-corrected chi connectivity index (χ4v) is 2.06. The SMILES string of the molecule is CCNC(C)(CCCN(C)CCOCC)C(=O)OC. The highest BCUT2D eigenvalue weighted by molar-refractivity contribution is 5.80. The van der Waals surface area contributed by atoms with E-state index in [0.29, 0.717) is 0 Å². The van der Waals surface area contributed by atoms with Gasteiger partial charge in [0.25, 0.3) is 0 Å². The lowest BCUT2D eigenvalue weighted by Crippen LogP contribution is -2.50. The minimum Gasteiger partial charge on any atom is -0.468 e. The molecular formula is C14H30N2O3. The van der Waals surface area contributed by atoms with Crippen molar-refractivity contribution in [3.8, 4) is 0 Å². The Kier molecular flexibility index (Phi) is 9.83. The Hall–Kier alpha value is -0.650. The zero-order valence-corrected chi connectivity index (χ0v) is 13.1. The molecule has 0 rings (SSSR count). The first-order valence-electron chi connectivity index (χ1n) is 7.09. The lowest BCUT2D eigenvalue weighted by Gasteiger charge is -2.28. The first-order valence-corrected chi connectivity index (χ1v) is 7.09. The van der Waals surface area contributed by atoms with Crippen LogP contribution in [0.3, 0.4) is 0 Å². The number of ether oxygens (including phenoxy) is 2. The van der Waals surface area contributed by atoms with Gasteiger partial charge in [0, 0.05) is 13.2 Å². The Balaban J connectivity index is 4.02. The quantitative estimate of drug-likeness (QED) is 0.454. The van der Waals surface area contributed by atoms with E-state index in [2.05, 4.69) is 17.3 Å². The van der Waals surface area contributed by atoms with Gasteiger partial charge in [0.1, 0.15) is 5.54 Å². The Morgan fingerprint density at radius 2 is 2.00 bits per heavy atom. The molecule has 0 heterocycles. The van der Waals surface area contributed by atoms with Crippen LogP contribution in [0.5, 0.6) is 0 Å². The molecule has 19 heavy (non-hydrogen) atoms. The highest BCUT2D eigenvalue weighted by Crippen LogP contribution is 2.14. The fraction of sp³-hybridized carbons (Fsp3) is 0.929. The van der Waals surface area contributed by atoms with Crippen LogP contribution in [0.1, 0.15) is 33.6 Å². The molecule has 0 aromatic rings. The molecule has 0 aliphatic heterocycles. The van der Waals surface area contributed by atoms with E-state index in [1.54, 1.807) is 0 Å². The molecule has 0 aliphatic carbocycles. The summed E-state index contributed by atoms with van der Waals surface area (Å²) in [6.07, 6.45) is 1.72. The normalized spacial score (nSPS) is 14.4. The smallest absolute Gasteiger partial charge is 0.325 e. The largest absolute Gasteiger partial charge is 0.468 e. The number of carbonyl (C=O) groups is 1. The molecule has 0 radical (unpaired) electrons. The number of esters is 1. The lowest BCUT2D eigenvalue weighted by molar-refractivity contribution is -0.148. The molecule has 0 aromatic heterocycles. The molecule has 1 atom stereocenters. The van der Waals surface area contributed by atoms with Crippen LogP contribution in [0.4, 0.5) is 0 Å². The predicted molar refractivity (Wildman–Crippen MR) is 77.3 cm³/mol. The topological polar surface area (TPSA) is 50.8 Å². The van der Waals surface area contributed by atoms with E-state index < -0.39 is 5.54 Å². The number of methoxy groups -OCH3 is 1. The van der Waals surface area contributed by atoms with Crippen molar-refractivity contribution in [2.75, 3.05) is 47.0 Å². The van der Waals surface area contributed by atoms with Crippen LogP contribution in [0.15, 0.2) is 0 Å². The van der Waals surface area contributed by atoms with Gasteiger partial charge in [-0.3, -0.25) is 4.79 Å². The summed E-state index contributed by atoms with van der Waals surface area (Å²) < 4.78 is 10.2. The molecule has 0 aromatic carbocycles. The van der Waals surface area contributed by atoms with E-state index in [1.165, 1.54) is 7.11 Å². The number of nitrogens with zero attached hydrogens (tertiary/aromatic N) is 1. The van der Waals surface area contributed by atoms with Crippen molar-refractivity contribution in [2.45, 2.75) is 39.2 Å². The Bertz CT molecular complexity index is 249. The first kappa shape index (κ1) is 18.4. The minimum absolute atomic E-state index is 0.189. The molecular weight excluding hydrogens is 244 g/mol. The summed E-state index contributed by atoms with van der Waals surface area (Å²) in [5.41, 5.74) is -0.579. The van der Waals surface area contributed by atoms with E-state index in [9.17, 15) is 4.79 Å². The van der Waals surface area contributed by atoms with Gasteiger partial charge in [0.05, 0.1) is 13.7 Å². The van der Waals surface area contributed by atoms with Crippen LogP contribution >= 0.6 is 0 Å². The van der Waals surface area contributed by atoms with Gasteiger partial charge in [0.15, 0.2) is 0 Å². The van der Waals surface area contributed by atoms with Gasteiger partial charge in [-0.1, -0.05) is 6.92 Å². The molecule has 0 amide bonds. The minimum atomic E-state index is -0.579. The number of likely N-dealkylation sites (N-methyl/N-ethyl adjacent to an activating group) is 2. The van der Waals surface area contributed by atoms with Crippen LogP contribution in [0, 0.1) is 0 Å². The highest BCUT2D eigenvalue weighted by Gasteiger charge is 2.32. The van der Waals surface area contributed by atoms with E-state index in [-0.39, 0.29) is 5.97 Å². The summed E-state index contributed by atoms with van der Waals surface area (Å²) in [4.78, 5) is 14.0. The third kappa shape index (κ3) is 7.50. The number of hydrogen-bond donors (Lipinski definition) is 1. The molecule has 0 aliphatic rings. The second-order valence-corrected chi connectivity index (χ2v) is 4.96. The second-order valence-electron chi connectivity index (χ2n) is 4.96. The molecule has 1 unspecified atom stereocenters. The summed E-state index contributed by atoms with van der Waals surface area (Å²) in [5, 5.41) is 3.22. The monoisotopic (exact) mass is 274 g/mol. The van der Waals surface area contributed by atoms with E-state index in [0.717, 1.165) is 45.7 Å². The maximum absolute atomic E-state index is 11.8. The number of hydrogen-bond acceptors (Lipinski definition) is 5. The van der Waals surface area contributed by atoms with Gasteiger partial charge < -0.3 is 19.7 Å². The van der Waals surface area contributed by atoms with Crippen molar-refractivity contribution >= 4 is 5.97 Å². The molecule has 0 bridgehead atoms. The van der Waals surface area contributed by atoms with Crippen molar-refractivity contribution in [3.63, 3.8) is 0 Å². The summed E-state index contributed by atoms with van der Waals surface area (Å²) in [6.45, 7) is 10.0. The number of nitrogens with one attached hydrogen (secondary N) is 1. The Labute approximate surface area is 117 Å². The molecule has 0 saturated carbocycles. The van der Waals surface area contributed by atoms with Crippen LogP contribution in [0.2, 0.25) is 0 Å². The molecule has 0 saturated heterocycles. The third-order valence-corrected chi connectivity index (χ3v) is 3.24. The summed E-state index contributed by atoms with van der Waals surface area (Å²) in [7, 11) is 3.51. The van der Waals surface area contributed by atoms with Gasteiger partial charge >= 0.3 is 5.97 Å². The van der Waals surface area contributed by atoms with Gasteiger partial charge in [0.2, 0.25) is 0 Å². The van der Waals surface area contributed by atoms with E-state index >= 15 is 0 Å². The average molecular weight is 274 g/mol. The van der Waals surface area contributed by atoms with Crippen molar-refractivity contribution in [3.05, 3.63) is 0 Å². The summed E-state index contributed by atoms with van der Waals surface area (Å²) in [6, 6.07) is 0. The maximum atomic E-state index is 11.8. The van der Waals surface area contributed by atoms with Gasteiger partial charge in [-0.15, -0.1) is 0 Å². The number of carbonyl (C=O) groups excluding carboxylic acids is 1. The first-order chi connectivity index (χ1) is 9.00. The highest BCUT2D eigenvalue weighted by atomic mass is 16.5. The van der Waals surface area contributed by atoms with E-state index in [4.69, 9.17) is 9.47 Å². The van der Waals surface area contributed by atoms with Crippen LogP contribution in [-0.2, 0) is 14.3 Å². The van der Waals surface area contributed by atoms with Gasteiger partial charge in [-0.05, 0) is 46.8 Å². The molecule has 0 fully saturated rings. The zero-order chi connectivity index (χ0) is 14.7. The molecule has 114 valence electrons. The van der Waals surface area contributed by atoms with Gasteiger partial charge in [-0.2, -0.15) is 0 Å². The van der Waals surface area contributed by atoms with Crippen LogP contribution in [-0.4, -0.2) is 63.4 Å². The van der Waals surface area contributed by atoms with Crippen LogP contribution in [0.25, 0.3) is 0 Å². The van der Waals surface area contributed by atoms with E-state index in [1.807, 2.05) is 20.8 Å². The second kappa shape index (κ2) is 10.2. The van der Waals surface area contributed by atoms with Crippen molar-refractivity contribution in [2.24, 2.45) is 0 Å². The van der Waals surface area contributed by atoms with Gasteiger partial charge in [-0.25, -0.2) is 0 Å². The Morgan fingerprint density at radius 3 is 2.53 bits per heavy atom. The average Bonchev–Trinajstić information content (AvgIpc) is 2.38. The molecule has 5 nitrogen and oxygen atoms in total. The van der Waals surface area contributed by atoms with Crippen molar-refractivity contribution in [1.82, 2.24) is 10.2 Å².